The van der Waals surface area contributed by atoms with Crippen molar-refractivity contribution in [2.75, 3.05) is 31.9 Å². The van der Waals surface area contributed by atoms with Crippen LogP contribution < -0.4 is 5.73 Å². The molecule has 1 heterocycles. The second kappa shape index (κ2) is 6.33. The van der Waals surface area contributed by atoms with Crippen molar-refractivity contribution in [2.45, 2.75) is 38.3 Å². The van der Waals surface area contributed by atoms with E-state index in [0.29, 0.717) is 10.7 Å². The molecule has 2 fully saturated rings. The molecular formula is C16H24ClN3. The third-order valence-electron chi connectivity index (χ3n) is 4.71. The maximum atomic E-state index is 5.97. The number of hydrogen-bond donors (Lipinski definition) is 1. The summed E-state index contributed by atoms with van der Waals surface area (Å²) in [5, 5.41) is 0.653. The molecule has 0 spiro atoms. The first-order valence-corrected chi connectivity index (χ1v) is 8.10. The quantitative estimate of drug-likeness (QED) is 0.870. The summed E-state index contributed by atoms with van der Waals surface area (Å²) in [5.74, 6) is 0. The van der Waals surface area contributed by atoms with Gasteiger partial charge in [-0.3, -0.25) is 9.80 Å². The Morgan fingerprint density at radius 1 is 1.10 bits per heavy atom. The molecule has 1 aromatic rings. The van der Waals surface area contributed by atoms with Crippen molar-refractivity contribution in [1.82, 2.24) is 9.80 Å². The second-order valence-electron chi connectivity index (χ2n) is 6.11. The van der Waals surface area contributed by atoms with Crippen LogP contribution in [0.25, 0.3) is 0 Å². The van der Waals surface area contributed by atoms with E-state index in [9.17, 15) is 0 Å². The first-order chi connectivity index (χ1) is 9.72. The van der Waals surface area contributed by atoms with Gasteiger partial charge in [-0.25, -0.2) is 0 Å². The SMILES string of the molecule is Nc1cc(CN2CCN(C3CCCC3)CC2)ccc1Cl. The molecule has 2 aliphatic rings. The van der Waals surface area contributed by atoms with Crippen LogP contribution in [0.5, 0.6) is 0 Å². The summed E-state index contributed by atoms with van der Waals surface area (Å²) in [7, 11) is 0. The predicted molar refractivity (Wildman–Crippen MR) is 85.0 cm³/mol. The van der Waals surface area contributed by atoms with Crippen LogP contribution in [0.15, 0.2) is 18.2 Å². The molecule has 4 heteroatoms. The Bertz CT molecular complexity index is 449. The van der Waals surface area contributed by atoms with E-state index < -0.39 is 0 Å². The second-order valence-corrected chi connectivity index (χ2v) is 6.51. The van der Waals surface area contributed by atoms with Crippen LogP contribution in [0, 0.1) is 0 Å². The molecule has 1 saturated heterocycles. The highest BCUT2D eigenvalue weighted by molar-refractivity contribution is 6.33. The maximum Gasteiger partial charge on any atom is 0.0635 e. The summed E-state index contributed by atoms with van der Waals surface area (Å²) in [6.07, 6.45) is 5.67. The summed E-state index contributed by atoms with van der Waals surface area (Å²) >= 11 is 5.97. The van der Waals surface area contributed by atoms with Gasteiger partial charge in [-0.2, -0.15) is 0 Å². The van der Waals surface area contributed by atoms with Gasteiger partial charge in [-0.05, 0) is 30.5 Å². The molecule has 3 rings (SSSR count). The zero-order valence-electron chi connectivity index (χ0n) is 12.0. The average Bonchev–Trinajstić information content (AvgIpc) is 2.98. The number of nitrogens with two attached hydrogens (primary N) is 1. The molecule has 2 N–H and O–H groups in total. The third-order valence-corrected chi connectivity index (χ3v) is 5.06. The molecule has 0 bridgehead atoms. The van der Waals surface area contributed by atoms with Crippen molar-refractivity contribution in [3.8, 4) is 0 Å². The highest BCUT2D eigenvalue weighted by Crippen LogP contribution is 2.25. The molecule has 1 aliphatic carbocycles. The summed E-state index contributed by atoms with van der Waals surface area (Å²) in [4.78, 5) is 5.22. The monoisotopic (exact) mass is 293 g/mol. The Hall–Kier alpha value is -0.770. The number of piperazine rings is 1. The van der Waals surface area contributed by atoms with Gasteiger partial charge in [0.05, 0.1) is 10.7 Å². The maximum absolute atomic E-state index is 5.97. The van der Waals surface area contributed by atoms with Gasteiger partial charge >= 0.3 is 0 Å². The standard InChI is InChI=1S/C16H24ClN3/c17-15-6-5-13(11-16(15)18)12-19-7-9-20(10-8-19)14-3-1-2-4-14/h5-6,11,14H,1-4,7-10,12,18H2. The largest absolute Gasteiger partial charge is 0.398 e. The van der Waals surface area contributed by atoms with Crippen LogP contribution in [0.4, 0.5) is 5.69 Å². The Morgan fingerprint density at radius 2 is 1.80 bits per heavy atom. The molecule has 1 aliphatic heterocycles. The van der Waals surface area contributed by atoms with Gasteiger partial charge in [-0.1, -0.05) is 30.5 Å². The fourth-order valence-electron chi connectivity index (χ4n) is 3.51. The van der Waals surface area contributed by atoms with Crippen molar-refractivity contribution in [3.05, 3.63) is 28.8 Å². The van der Waals surface area contributed by atoms with E-state index in [0.717, 1.165) is 12.6 Å². The van der Waals surface area contributed by atoms with Gasteiger partial charge in [0, 0.05) is 38.8 Å². The molecule has 0 atom stereocenters. The molecule has 1 aromatic carbocycles. The predicted octanol–water partition coefficient (Wildman–Crippen LogP) is 2.98. The lowest BCUT2D eigenvalue weighted by Crippen LogP contribution is -2.49. The molecule has 0 radical (unpaired) electrons. The molecule has 20 heavy (non-hydrogen) atoms. The van der Waals surface area contributed by atoms with Crippen molar-refractivity contribution in [1.29, 1.82) is 0 Å². The fourth-order valence-corrected chi connectivity index (χ4v) is 3.62. The highest BCUT2D eigenvalue weighted by atomic mass is 35.5. The van der Waals surface area contributed by atoms with Crippen molar-refractivity contribution < 1.29 is 0 Å². The van der Waals surface area contributed by atoms with E-state index in [1.807, 2.05) is 12.1 Å². The highest BCUT2D eigenvalue weighted by Gasteiger charge is 2.25. The topological polar surface area (TPSA) is 32.5 Å². The van der Waals surface area contributed by atoms with E-state index in [-0.39, 0.29) is 0 Å². The van der Waals surface area contributed by atoms with E-state index in [2.05, 4.69) is 15.9 Å². The third kappa shape index (κ3) is 3.27. The average molecular weight is 294 g/mol. The van der Waals surface area contributed by atoms with Crippen LogP contribution >= 0.6 is 11.6 Å². The van der Waals surface area contributed by atoms with Gasteiger partial charge < -0.3 is 5.73 Å². The van der Waals surface area contributed by atoms with Crippen LogP contribution in [-0.4, -0.2) is 42.0 Å². The molecule has 0 amide bonds. The first-order valence-electron chi connectivity index (χ1n) is 7.73. The number of benzene rings is 1. The summed E-state index contributed by atoms with van der Waals surface area (Å²) in [6.45, 7) is 5.75. The Balaban J connectivity index is 1.51. The number of hydrogen-bond acceptors (Lipinski definition) is 3. The Kier molecular flexibility index (Phi) is 4.49. The molecule has 0 unspecified atom stereocenters. The minimum Gasteiger partial charge on any atom is -0.398 e. The van der Waals surface area contributed by atoms with Gasteiger partial charge in [-0.15, -0.1) is 0 Å². The van der Waals surface area contributed by atoms with Crippen molar-refractivity contribution in [2.24, 2.45) is 0 Å². The van der Waals surface area contributed by atoms with Crippen molar-refractivity contribution in [3.63, 3.8) is 0 Å². The van der Waals surface area contributed by atoms with Gasteiger partial charge in [0.15, 0.2) is 0 Å². The zero-order valence-corrected chi connectivity index (χ0v) is 12.8. The fraction of sp³-hybridized carbons (Fsp3) is 0.625. The summed E-state index contributed by atoms with van der Waals surface area (Å²) in [5.41, 5.74) is 7.83. The van der Waals surface area contributed by atoms with Crippen LogP contribution in [-0.2, 0) is 6.54 Å². The van der Waals surface area contributed by atoms with Gasteiger partial charge in [0.2, 0.25) is 0 Å². The lowest BCUT2D eigenvalue weighted by molar-refractivity contribution is 0.0937. The van der Waals surface area contributed by atoms with Crippen LogP contribution in [0.3, 0.4) is 0 Å². The molecule has 0 aromatic heterocycles. The van der Waals surface area contributed by atoms with Gasteiger partial charge in [0.1, 0.15) is 0 Å². The van der Waals surface area contributed by atoms with Crippen molar-refractivity contribution >= 4 is 17.3 Å². The number of rotatable bonds is 3. The molecule has 110 valence electrons. The Morgan fingerprint density at radius 3 is 2.45 bits per heavy atom. The van der Waals surface area contributed by atoms with E-state index in [4.69, 9.17) is 17.3 Å². The van der Waals surface area contributed by atoms with E-state index in [1.165, 1.54) is 57.4 Å². The normalized spacial score (nSPS) is 22.4. The smallest absolute Gasteiger partial charge is 0.0635 e. The number of nitrogen functional groups attached to an aromatic ring is 1. The van der Waals surface area contributed by atoms with E-state index in [1.54, 1.807) is 0 Å². The Labute approximate surface area is 126 Å². The van der Waals surface area contributed by atoms with E-state index >= 15 is 0 Å². The molecule has 3 nitrogen and oxygen atoms in total. The van der Waals surface area contributed by atoms with Crippen LogP contribution in [0.2, 0.25) is 5.02 Å². The minimum absolute atomic E-state index is 0.653. The molecule has 1 saturated carbocycles. The summed E-state index contributed by atoms with van der Waals surface area (Å²) < 4.78 is 0. The molecular weight excluding hydrogens is 270 g/mol. The lowest BCUT2D eigenvalue weighted by Gasteiger charge is -2.38. The lowest BCUT2D eigenvalue weighted by atomic mass is 10.1. The number of nitrogens with zero attached hydrogens (tertiary/aromatic N) is 2. The zero-order chi connectivity index (χ0) is 13.9. The van der Waals surface area contributed by atoms with Crippen LogP contribution in [0.1, 0.15) is 31.2 Å². The van der Waals surface area contributed by atoms with Gasteiger partial charge in [0.25, 0.3) is 0 Å². The number of halogens is 1. The summed E-state index contributed by atoms with van der Waals surface area (Å²) in [6, 6.07) is 6.86. The minimum atomic E-state index is 0.653. The first kappa shape index (κ1) is 14.2. The number of anilines is 1.